The van der Waals surface area contributed by atoms with Gasteiger partial charge in [-0.1, -0.05) is 11.6 Å². The molecule has 20 heavy (non-hydrogen) atoms. The van der Waals surface area contributed by atoms with E-state index in [1.54, 1.807) is 12.1 Å². The molecule has 0 unspecified atom stereocenters. The van der Waals surface area contributed by atoms with Gasteiger partial charge < -0.3 is 19.9 Å². The lowest BCUT2D eigenvalue weighted by atomic mass is 10.1. The van der Waals surface area contributed by atoms with Crippen LogP contribution in [0.25, 0.3) is 0 Å². The molecule has 6 nitrogen and oxygen atoms in total. The van der Waals surface area contributed by atoms with Crippen molar-refractivity contribution >= 4 is 23.5 Å². The molecule has 0 bridgehead atoms. The Morgan fingerprint density at radius 2 is 2.10 bits per heavy atom. The second-order valence-corrected chi connectivity index (χ2v) is 4.81. The van der Waals surface area contributed by atoms with Gasteiger partial charge in [-0.05, 0) is 24.6 Å². The molecule has 1 aliphatic rings. The van der Waals surface area contributed by atoms with Crippen LogP contribution in [-0.4, -0.2) is 36.2 Å². The molecule has 7 heteroatoms. The Hall–Kier alpha value is -1.95. The number of fused-ring (bicyclic) bond motifs is 1. The van der Waals surface area contributed by atoms with Crippen molar-refractivity contribution in [2.75, 3.05) is 13.2 Å². The number of rotatable bonds is 4. The van der Waals surface area contributed by atoms with E-state index in [0.29, 0.717) is 35.3 Å². The minimum absolute atomic E-state index is 0.0218. The highest BCUT2D eigenvalue weighted by Crippen LogP contribution is 2.38. The molecule has 0 radical (unpaired) electrons. The largest absolute Gasteiger partial charge is 0.486 e. The Bertz CT molecular complexity index is 546. The number of halogens is 1. The number of ether oxygens (including phenoxy) is 2. The number of hydrogen-bond donors (Lipinski definition) is 2. The maximum atomic E-state index is 11.7. The van der Waals surface area contributed by atoms with Crippen LogP contribution in [0, 0.1) is 0 Å². The highest BCUT2D eigenvalue weighted by atomic mass is 35.5. The van der Waals surface area contributed by atoms with Crippen molar-refractivity contribution in [2.24, 2.45) is 0 Å². The summed E-state index contributed by atoms with van der Waals surface area (Å²) < 4.78 is 10.8. The third-order valence-electron chi connectivity index (χ3n) is 2.77. The quantitative estimate of drug-likeness (QED) is 0.874. The third-order valence-corrected chi connectivity index (χ3v) is 3.05. The van der Waals surface area contributed by atoms with Gasteiger partial charge in [0.25, 0.3) is 0 Å². The van der Waals surface area contributed by atoms with Gasteiger partial charge >= 0.3 is 5.97 Å². The van der Waals surface area contributed by atoms with Crippen LogP contribution in [0.15, 0.2) is 12.1 Å². The molecule has 1 aromatic rings. The molecule has 2 N–H and O–H groups in total. The summed E-state index contributed by atoms with van der Waals surface area (Å²) in [5.74, 6) is -0.509. The van der Waals surface area contributed by atoms with Crippen molar-refractivity contribution in [3.63, 3.8) is 0 Å². The summed E-state index contributed by atoms with van der Waals surface area (Å²) in [5, 5.41) is 11.5. The molecule has 0 saturated heterocycles. The van der Waals surface area contributed by atoms with Gasteiger partial charge in [0.1, 0.15) is 19.3 Å². The number of aliphatic carboxylic acids is 1. The standard InChI is InChI=1S/C13H14ClNO5/c1-7(13(17)18)15-11(16)6-8-4-9(14)12-10(5-8)19-2-3-20-12/h4-5,7H,2-3,6H2,1H3,(H,15,16)(H,17,18)/t7-/m1/s1. The van der Waals surface area contributed by atoms with Gasteiger partial charge in [0.15, 0.2) is 11.5 Å². The van der Waals surface area contributed by atoms with E-state index in [2.05, 4.69) is 5.32 Å². The minimum atomic E-state index is -1.08. The Labute approximate surface area is 120 Å². The zero-order chi connectivity index (χ0) is 14.7. The smallest absolute Gasteiger partial charge is 0.325 e. The van der Waals surface area contributed by atoms with E-state index in [4.69, 9.17) is 26.2 Å². The zero-order valence-corrected chi connectivity index (χ0v) is 11.6. The zero-order valence-electron chi connectivity index (χ0n) is 10.8. The van der Waals surface area contributed by atoms with E-state index in [-0.39, 0.29) is 6.42 Å². The predicted octanol–water partition coefficient (Wildman–Crippen LogP) is 1.24. The Morgan fingerprint density at radius 1 is 1.40 bits per heavy atom. The lowest BCUT2D eigenvalue weighted by Gasteiger charge is -2.20. The average Bonchev–Trinajstić information content (AvgIpc) is 2.38. The molecule has 1 aliphatic heterocycles. The van der Waals surface area contributed by atoms with Gasteiger partial charge in [-0.25, -0.2) is 0 Å². The SMILES string of the molecule is C[C@@H](NC(=O)Cc1cc(Cl)c2c(c1)OCCO2)C(=O)O. The van der Waals surface area contributed by atoms with Gasteiger partial charge in [0.05, 0.1) is 11.4 Å². The average molecular weight is 300 g/mol. The number of carboxylic acid groups (broad SMARTS) is 1. The molecule has 0 saturated carbocycles. The van der Waals surface area contributed by atoms with E-state index in [9.17, 15) is 9.59 Å². The predicted molar refractivity (Wildman–Crippen MR) is 71.4 cm³/mol. The van der Waals surface area contributed by atoms with Crippen LogP contribution in [0.1, 0.15) is 12.5 Å². The first-order valence-corrected chi connectivity index (χ1v) is 6.45. The van der Waals surface area contributed by atoms with E-state index < -0.39 is 17.9 Å². The number of nitrogens with one attached hydrogen (secondary N) is 1. The van der Waals surface area contributed by atoms with Crippen LogP contribution in [0.5, 0.6) is 11.5 Å². The number of carboxylic acids is 1. The summed E-state index contributed by atoms with van der Waals surface area (Å²) in [6.45, 7) is 2.26. The van der Waals surface area contributed by atoms with E-state index in [0.717, 1.165) is 0 Å². The molecule has 1 heterocycles. The van der Waals surface area contributed by atoms with Crippen LogP contribution in [0.3, 0.4) is 0 Å². The number of carbonyl (C=O) groups excluding carboxylic acids is 1. The second kappa shape index (κ2) is 6.00. The first kappa shape index (κ1) is 14.5. The fourth-order valence-corrected chi connectivity index (χ4v) is 2.09. The van der Waals surface area contributed by atoms with Crippen LogP contribution in [0.2, 0.25) is 5.02 Å². The van der Waals surface area contributed by atoms with Crippen molar-refractivity contribution in [3.8, 4) is 11.5 Å². The maximum absolute atomic E-state index is 11.7. The second-order valence-electron chi connectivity index (χ2n) is 4.41. The van der Waals surface area contributed by atoms with E-state index in [1.807, 2.05) is 0 Å². The fraction of sp³-hybridized carbons (Fsp3) is 0.385. The molecule has 108 valence electrons. The molecular weight excluding hydrogens is 286 g/mol. The fourth-order valence-electron chi connectivity index (χ4n) is 1.81. The van der Waals surface area contributed by atoms with Gasteiger partial charge in [-0.3, -0.25) is 9.59 Å². The number of benzene rings is 1. The minimum Gasteiger partial charge on any atom is -0.486 e. The van der Waals surface area contributed by atoms with Crippen molar-refractivity contribution in [3.05, 3.63) is 22.7 Å². The van der Waals surface area contributed by atoms with Crippen molar-refractivity contribution < 1.29 is 24.2 Å². The summed E-state index contributed by atoms with van der Waals surface area (Å²) in [5.41, 5.74) is 0.634. The van der Waals surface area contributed by atoms with Crippen LogP contribution >= 0.6 is 11.6 Å². The molecule has 1 aromatic carbocycles. The molecule has 0 aromatic heterocycles. The molecule has 1 amide bonds. The first-order chi connectivity index (χ1) is 9.47. The van der Waals surface area contributed by atoms with Gasteiger partial charge in [0.2, 0.25) is 5.91 Å². The number of hydrogen-bond acceptors (Lipinski definition) is 4. The molecule has 0 spiro atoms. The van der Waals surface area contributed by atoms with Crippen molar-refractivity contribution in [1.29, 1.82) is 0 Å². The Balaban J connectivity index is 2.08. The maximum Gasteiger partial charge on any atom is 0.325 e. The first-order valence-electron chi connectivity index (χ1n) is 6.07. The van der Waals surface area contributed by atoms with Crippen LogP contribution in [-0.2, 0) is 16.0 Å². The molecule has 1 atom stereocenters. The topological polar surface area (TPSA) is 84.9 Å². The summed E-state index contributed by atoms with van der Waals surface area (Å²) in [6.07, 6.45) is 0.0218. The van der Waals surface area contributed by atoms with Crippen molar-refractivity contribution in [2.45, 2.75) is 19.4 Å². The molecule has 2 rings (SSSR count). The summed E-state index contributed by atoms with van der Waals surface area (Å²) in [7, 11) is 0. The summed E-state index contributed by atoms with van der Waals surface area (Å²) in [6, 6.07) is 2.35. The van der Waals surface area contributed by atoms with Gasteiger partial charge in [0, 0.05) is 0 Å². The summed E-state index contributed by atoms with van der Waals surface area (Å²) >= 11 is 6.06. The Morgan fingerprint density at radius 3 is 2.80 bits per heavy atom. The normalized spacial score (nSPS) is 14.5. The lowest BCUT2D eigenvalue weighted by Crippen LogP contribution is -2.39. The summed E-state index contributed by atoms with van der Waals surface area (Å²) in [4.78, 5) is 22.4. The monoisotopic (exact) mass is 299 g/mol. The van der Waals surface area contributed by atoms with Crippen LogP contribution < -0.4 is 14.8 Å². The van der Waals surface area contributed by atoms with Crippen LogP contribution in [0.4, 0.5) is 0 Å². The highest BCUT2D eigenvalue weighted by Gasteiger charge is 2.19. The molecule has 0 fully saturated rings. The van der Waals surface area contributed by atoms with Crippen molar-refractivity contribution in [1.82, 2.24) is 5.32 Å². The van der Waals surface area contributed by atoms with E-state index in [1.165, 1.54) is 6.92 Å². The highest BCUT2D eigenvalue weighted by molar-refractivity contribution is 6.32. The van der Waals surface area contributed by atoms with Gasteiger partial charge in [-0.15, -0.1) is 0 Å². The molecule has 0 aliphatic carbocycles. The number of amides is 1. The lowest BCUT2D eigenvalue weighted by molar-refractivity contribution is -0.141. The van der Waals surface area contributed by atoms with E-state index >= 15 is 0 Å². The Kier molecular flexibility index (Phi) is 4.34. The van der Waals surface area contributed by atoms with Gasteiger partial charge in [-0.2, -0.15) is 0 Å². The molecular formula is C13H14ClNO5. The number of carbonyl (C=O) groups is 2. The third kappa shape index (κ3) is 3.33.